The van der Waals surface area contributed by atoms with Gasteiger partial charge < -0.3 is 18.6 Å². The number of benzene rings is 2. The summed E-state index contributed by atoms with van der Waals surface area (Å²) in [5.74, 6) is 2.96. The molecule has 2 aromatic carbocycles. The molecule has 2 aliphatic rings. The Morgan fingerprint density at radius 1 is 1.07 bits per heavy atom. The van der Waals surface area contributed by atoms with Crippen molar-refractivity contribution >= 4 is 21.6 Å². The molecule has 0 saturated heterocycles. The average molecular weight is 455 g/mol. The number of ether oxygens (including phenoxy) is 3. The molecule has 0 N–H and O–H groups in total. The molecule has 7 heteroatoms. The zero-order valence-corrected chi connectivity index (χ0v) is 17.5. The van der Waals surface area contributed by atoms with E-state index in [1.54, 1.807) is 20.5 Å². The Kier molecular flexibility index (Phi) is 4.47. The lowest BCUT2D eigenvalue weighted by atomic mass is 9.97. The number of methoxy groups -OCH3 is 2. The first-order valence-corrected chi connectivity index (χ1v) is 10.0. The number of rotatable bonds is 4. The molecule has 0 radical (unpaired) electrons. The molecule has 5 rings (SSSR count). The molecule has 2 atom stereocenters. The second-order valence-electron chi connectivity index (χ2n) is 6.89. The number of nitrogens with zero attached hydrogens (tertiary/aromatic N) is 2. The monoisotopic (exact) mass is 454 g/mol. The van der Waals surface area contributed by atoms with Gasteiger partial charge in [-0.3, -0.25) is 0 Å². The van der Waals surface area contributed by atoms with Crippen LogP contribution in [0.4, 0.5) is 0 Å². The van der Waals surface area contributed by atoms with Crippen molar-refractivity contribution in [1.82, 2.24) is 5.01 Å². The lowest BCUT2D eigenvalue weighted by Gasteiger charge is -2.38. The van der Waals surface area contributed by atoms with Crippen LogP contribution in [0.5, 0.6) is 17.2 Å². The zero-order valence-electron chi connectivity index (χ0n) is 16.0. The van der Waals surface area contributed by atoms with Gasteiger partial charge >= 0.3 is 0 Å². The van der Waals surface area contributed by atoms with Crippen molar-refractivity contribution in [1.29, 1.82) is 0 Å². The quantitative estimate of drug-likeness (QED) is 0.535. The van der Waals surface area contributed by atoms with E-state index < -0.39 is 0 Å². The van der Waals surface area contributed by atoms with E-state index in [4.69, 9.17) is 23.7 Å². The van der Waals surface area contributed by atoms with E-state index >= 15 is 0 Å². The number of hydrogen-bond acceptors (Lipinski definition) is 6. The maximum absolute atomic E-state index is 6.40. The van der Waals surface area contributed by atoms with Crippen molar-refractivity contribution < 1.29 is 18.6 Å². The standard InChI is InChI=1S/C22H19BrN2O4/c1-26-20-7-5-13(10-21(20)27-2)22-25-17(12-16(24-25)19-4-3-9-28-19)15-11-14(23)6-8-18(15)29-22/h3-11,17,22H,12H2,1-2H3/t17-,22+/m1/s1. The second kappa shape index (κ2) is 7.15. The highest BCUT2D eigenvalue weighted by Crippen LogP contribution is 2.48. The number of hydrogen-bond donors (Lipinski definition) is 0. The Morgan fingerprint density at radius 3 is 2.69 bits per heavy atom. The minimum atomic E-state index is -0.388. The van der Waals surface area contributed by atoms with Crippen molar-refractivity contribution in [2.45, 2.75) is 18.7 Å². The minimum Gasteiger partial charge on any atom is -0.493 e. The molecule has 148 valence electrons. The van der Waals surface area contributed by atoms with Crippen LogP contribution in [0.3, 0.4) is 0 Å². The molecule has 0 aliphatic carbocycles. The van der Waals surface area contributed by atoms with E-state index in [0.29, 0.717) is 11.5 Å². The summed E-state index contributed by atoms with van der Waals surface area (Å²) in [6, 6.07) is 15.7. The first-order valence-electron chi connectivity index (χ1n) is 9.25. The highest BCUT2D eigenvalue weighted by Gasteiger charge is 2.41. The topological polar surface area (TPSA) is 56.4 Å². The Hall–Kier alpha value is -2.93. The van der Waals surface area contributed by atoms with Gasteiger partial charge in [-0.05, 0) is 48.5 Å². The van der Waals surface area contributed by atoms with E-state index in [-0.39, 0.29) is 12.3 Å². The predicted octanol–water partition coefficient (Wildman–Crippen LogP) is 5.30. The summed E-state index contributed by atoms with van der Waals surface area (Å²) < 4.78 is 23.9. The average Bonchev–Trinajstić information content (AvgIpc) is 3.42. The fourth-order valence-corrected chi connectivity index (χ4v) is 4.25. The summed E-state index contributed by atoms with van der Waals surface area (Å²) in [6.45, 7) is 0. The number of fused-ring (bicyclic) bond motifs is 3. The van der Waals surface area contributed by atoms with Gasteiger partial charge in [-0.25, -0.2) is 5.01 Å². The molecule has 0 amide bonds. The zero-order chi connectivity index (χ0) is 20.0. The van der Waals surface area contributed by atoms with Crippen molar-refractivity contribution in [2.75, 3.05) is 14.2 Å². The van der Waals surface area contributed by atoms with Crippen molar-refractivity contribution in [2.24, 2.45) is 5.10 Å². The van der Waals surface area contributed by atoms with Gasteiger partial charge in [0.25, 0.3) is 0 Å². The van der Waals surface area contributed by atoms with Crippen molar-refractivity contribution in [3.8, 4) is 17.2 Å². The van der Waals surface area contributed by atoms with Gasteiger partial charge in [0, 0.05) is 22.0 Å². The molecule has 2 aliphatic heterocycles. The SMILES string of the molecule is COc1ccc([C@@H]2Oc3ccc(Br)cc3[C@H]3CC(c4ccco4)=NN32)cc1OC. The van der Waals surface area contributed by atoms with Crippen LogP contribution in [-0.2, 0) is 0 Å². The summed E-state index contributed by atoms with van der Waals surface area (Å²) >= 11 is 3.58. The lowest BCUT2D eigenvalue weighted by molar-refractivity contribution is -0.0192. The maximum atomic E-state index is 6.40. The van der Waals surface area contributed by atoms with Crippen LogP contribution in [0.25, 0.3) is 0 Å². The highest BCUT2D eigenvalue weighted by atomic mass is 79.9. The predicted molar refractivity (Wildman–Crippen MR) is 111 cm³/mol. The third-order valence-corrected chi connectivity index (χ3v) is 5.74. The highest BCUT2D eigenvalue weighted by molar-refractivity contribution is 9.10. The number of hydrazone groups is 1. The van der Waals surface area contributed by atoms with E-state index in [1.807, 2.05) is 47.5 Å². The third-order valence-electron chi connectivity index (χ3n) is 5.25. The van der Waals surface area contributed by atoms with Crippen LogP contribution >= 0.6 is 15.9 Å². The molecule has 29 heavy (non-hydrogen) atoms. The summed E-state index contributed by atoms with van der Waals surface area (Å²) in [5.41, 5.74) is 2.94. The van der Waals surface area contributed by atoms with Gasteiger partial charge in [-0.1, -0.05) is 15.9 Å². The summed E-state index contributed by atoms with van der Waals surface area (Å²) in [6.07, 6.45) is 2.02. The smallest absolute Gasteiger partial charge is 0.214 e. The minimum absolute atomic E-state index is 0.0504. The van der Waals surface area contributed by atoms with Gasteiger partial charge in [-0.2, -0.15) is 5.10 Å². The van der Waals surface area contributed by atoms with Crippen LogP contribution in [-0.4, -0.2) is 24.9 Å². The largest absolute Gasteiger partial charge is 0.493 e. The van der Waals surface area contributed by atoms with E-state index in [9.17, 15) is 0 Å². The van der Waals surface area contributed by atoms with Gasteiger partial charge in [-0.15, -0.1) is 0 Å². The maximum Gasteiger partial charge on any atom is 0.214 e. The van der Waals surface area contributed by atoms with Crippen LogP contribution < -0.4 is 14.2 Å². The first kappa shape index (κ1) is 18.1. The van der Waals surface area contributed by atoms with Crippen LogP contribution in [0.15, 0.2) is 68.8 Å². The Labute approximate surface area is 176 Å². The molecule has 0 fully saturated rings. The molecule has 3 heterocycles. The lowest BCUT2D eigenvalue weighted by Crippen LogP contribution is -2.33. The third kappa shape index (κ3) is 3.06. The van der Waals surface area contributed by atoms with E-state index in [0.717, 1.165) is 39.2 Å². The van der Waals surface area contributed by atoms with E-state index in [1.165, 1.54) is 0 Å². The number of halogens is 1. The Bertz CT molecular complexity index is 1080. The van der Waals surface area contributed by atoms with Crippen molar-refractivity contribution in [3.63, 3.8) is 0 Å². The molecular formula is C22H19BrN2O4. The molecule has 6 nitrogen and oxygen atoms in total. The Balaban J connectivity index is 1.60. The molecule has 0 bridgehead atoms. The molecule has 0 unspecified atom stereocenters. The summed E-state index contributed by atoms with van der Waals surface area (Å²) in [5, 5.41) is 6.89. The van der Waals surface area contributed by atoms with Crippen molar-refractivity contribution in [3.05, 3.63) is 76.2 Å². The van der Waals surface area contributed by atoms with Crippen LogP contribution in [0, 0.1) is 0 Å². The van der Waals surface area contributed by atoms with E-state index in [2.05, 4.69) is 22.0 Å². The van der Waals surface area contributed by atoms with Gasteiger partial charge in [0.1, 0.15) is 17.2 Å². The molecule has 3 aromatic rings. The fourth-order valence-electron chi connectivity index (χ4n) is 3.88. The van der Waals surface area contributed by atoms with Gasteiger partial charge in [0.15, 0.2) is 11.5 Å². The molecule has 1 aromatic heterocycles. The summed E-state index contributed by atoms with van der Waals surface area (Å²) in [4.78, 5) is 0. The first-order chi connectivity index (χ1) is 14.2. The molecule has 0 saturated carbocycles. The van der Waals surface area contributed by atoms with Crippen LogP contribution in [0.2, 0.25) is 0 Å². The normalized spacial score (nSPS) is 19.8. The Morgan fingerprint density at radius 2 is 1.93 bits per heavy atom. The van der Waals surface area contributed by atoms with Gasteiger partial charge in [0.2, 0.25) is 6.23 Å². The fraction of sp³-hybridized carbons (Fsp3) is 0.227. The van der Waals surface area contributed by atoms with Gasteiger partial charge in [0.05, 0.1) is 26.5 Å². The summed E-state index contributed by atoms with van der Waals surface area (Å²) in [7, 11) is 3.25. The molecular weight excluding hydrogens is 436 g/mol. The second-order valence-corrected chi connectivity index (χ2v) is 7.81. The number of furan rings is 1. The molecule has 0 spiro atoms. The van der Waals surface area contributed by atoms with Crippen LogP contribution in [0.1, 0.15) is 35.6 Å².